The van der Waals surface area contributed by atoms with Gasteiger partial charge in [0.2, 0.25) is 5.91 Å². The molecule has 1 N–H and O–H groups in total. The third-order valence-corrected chi connectivity index (χ3v) is 4.83. The van der Waals surface area contributed by atoms with Crippen molar-refractivity contribution < 1.29 is 4.79 Å². The molecule has 0 spiro atoms. The van der Waals surface area contributed by atoms with Gasteiger partial charge in [-0.25, -0.2) is 0 Å². The van der Waals surface area contributed by atoms with E-state index in [1.165, 1.54) is 38.5 Å². The van der Waals surface area contributed by atoms with Gasteiger partial charge in [-0.1, -0.05) is 6.92 Å². The van der Waals surface area contributed by atoms with Crippen LogP contribution in [0.3, 0.4) is 0 Å². The Kier molecular flexibility index (Phi) is 3.60. The number of amides is 1. The number of piperidine rings is 1. The molecule has 3 heteroatoms. The maximum Gasteiger partial charge on any atom is 0.223 e. The van der Waals surface area contributed by atoms with E-state index in [4.69, 9.17) is 0 Å². The normalized spacial score (nSPS) is 34.6. The van der Waals surface area contributed by atoms with Gasteiger partial charge < -0.3 is 10.2 Å². The molecule has 2 aliphatic heterocycles. The Hall–Kier alpha value is -0.570. The minimum atomic E-state index is 0.436. The third-order valence-electron chi connectivity index (χ3n) is 4.83. The van der Waals surface area contributed by atoms with Gasteiger partial charge in [0.15, 0.2) is 0 Å². The first-order chi connectivity index (χ1) is 8.76. The summed E-state index contributed by atoms with van der Waals surface area (Å²) >= 11 is 0. The Morgan fingerprint density at radius 3 is 2.39 bits per heavy atom. The molecule has 1 saturated carbocycles. The quantitative estimate of drug-likeness (QED) is 0.812. The molecule has 0 aromatic carbocycles. The minimum Gasteiger partial charge on any atom is -0.340 e. The summed E-state index contributed by atoms with van der Waals surface area (Å²) < 4.78 is 0. The summed E-state index contributed by atoms with van der Waals surface area (Å²) in [6, 6.07) is 1.89. The average Bonchev–Trinajstić information content (AvgIpc) is 3.11. The van der Waals surface area contributed by atoms with Crippen molar-refractivity contribution in [1.82, 2.24) is 10.2 Å². The molecule has 2 atom stereocenters. The highest BCUT2D eigenvalue weighted by Gasteiger charge is 2.38. The average molecular weight is 250 g/mol. The maximum absolute atomic E-state index is 12.4. The first-order valence-corrected chi connectivity index (χ1v) is 7.81. The van der Waals surface area contributed by atoms with Crippen LogP contribution in [0.2, 0.25) is 0 Å². The summed E-state index contributed by atoms with van der Waals surface area (Å²) in [5, 5.41) is 3.67. The lowest BCUT2D eigenvalue weighted by atomic mass is 9.97. The van der Waals surface area contributed by atoms with E-state index in [0.717, 1.165) is 25.3 Å². The minimum absolute atomic E-state index is 0.436. The van der Waals surface area contributed by atoms with E-state index in [0.29, 0.717) is 24.0 Å². The zero-order chi connectivity index (χ0) is 12.5. The van der Waals surface area contributed by atoms with Gasteiger partial charge in [-0.15, -0.1) is 0 Å². The zero-order valence-electron chi connectivity index (χ0n) is 11.5. The summed E-state index contributed by atoms with van der Waals surface area (Å²) in [5.74, 6) is 1.15. The van der Waals surface area contributed by atoms with Crippen molar-refractivity contribution in [2.75, 3.05) is 6.54 Å². The molecule has 2 saturated heterocycles. The van der Waals surface area contributed by atoms with Gasteiger partial charge in [0.1, 0.15) is 0 Å². The topological polar surface area (TPSA) is 32.3 Å². The smallest absolute Gasteiger partial charge is 0.223 e. The van der Waals surface area contributed by atoms with E-state index in [1.807, 2.05) is 0 Å². The van der Waals surface area contributed by atoms with Crippen molar-refractivity contribution in [2.24, 2.45) is 5.92 Å². The van der Waals surface area contributed by atoms with Crippen molar-refractivity contribution in [3.8, 4) is 0 Å². The number of rotatable bonds is 5. The molecule has 0 radical (unpaired) electrons. The van der Waals surface area contributed by atoms with E-state index >= 15 is 0 Å². The Bertz CT molecular complexity index is 302. The predicted molar refractivity (Wildman–Crippen MR) is 72.3 cm³/mol. The second-order valence-corrected chi connectivity index (χ2v) is 6.50. The molecule has 1 amide bonds. The van der Waals surface area contributed by atoms with Crippen LogP contribution in [0.15, 0.2) is 0 Å². The first kappa shape index (κ1) is 12.5. The van der Waals surface area contributed by atoms with Crippen LogP contribution in [-0.4, -0.2) is 35.5 Å². The summed E-state index contributed by atoms with van der Waals surface area (Å²) in [6.45, 7) is 3.16. The van der Waals surface area contributed by atoms with Gasteiger partial charge in [-0.2, -0.15) is 0 Å². The number of nitrogens with one attached hydrogen (secondary N) is 1. The molecule has 2 bridgehead atoms. The standard InChI is InChI=1S/C15H26N2O/c1-2-7-17(15(18)8-11-3-4-11)14-9-12-5-6-13(10-14)16-12/h11-14,16H,2-10H2,1H3. The second kappa shape index (κ2) is 5.20. The molecule has 3 aliphatic rings. The summed E-state index contributed by atoms with van der Waals surface area (Å²) in [6.07, 6.45) is 9.48. The lowest BCUT2D eigenvalue weighted by Crippen LogP contribution is -2.50. The number of carbonyl (C=O) groups is 1. The summed E-state index contributed by atoms with van der Waals surface area (Å²) in [4.78, 5) is 14.6. The molecular formula is C15H26N2O. The highest BCUT2D eigenvalue weighted by atomic mass is 16.2. The zero-order valence-corrected chi connectivity index (χ0v) is 11.5. The van der Waals surface area contributed by atoms with Crippen molar-refractivity contribution in [1.29, 1.82) is 0 Å². The van der Waals surface area contributed by atoms with Gasteiger partial charge >= 0.3 is 0 Å². The molecule has 2 unspecified atom stereocenters. The van der Waals surface area contributed by atoms with Crippen LogP contribution in [0, 0.1) is 5.92 Å². The molecule has 1 aliphatic carbocycles. The van der Waals surface area contributed by atoms with Gasteiger partial charge in [-0.05, 0) is 50.9 Å². The number of carbonyl (C=O) groups excluding carboxylic acids is 1. The molecule has 3 rings (SSSR count). The van der Waals surface area contributed by atoms with Crippen molar-refractivity contribution in [3.63, 3.8) is 0 Å². The Morgan fingerprint density at radius 2 is 1.83 bits per heavy atom. The monoisotopic (exact) mass is 250 g/mol. The fourth-order valence-corrected chi connectivity index (χ4v) is 3.72. The highest BCUT2D eigenvalue weighted by molar-refractivity contribution is 5.77. The van der Waals surface area contributed by atoms with E-state index in [2.05, 4.69) is 17.1 Å². The number of nitrogens with zero attached hydrogens (tertiary/aromatic N) is 1. The van der Waals surface area contributed by atoms with Crippen LogP contribution in [-0.2, 0) is 4.79 Å². The van der Waals surface area contributed by atoms with Crippen LogP contribution >= 0.6 is 0 Å². The molecule has 18 heavy (non-hydrogen) atoms. The van der Waals surface area contributed by atoms with E-state index in [9.17, 15) is 4.79 Å². The maximum atomic E-state index is 12.4. The predicted octanol–water partition coefficient (Wildman–Crippen LogP) is 2.31. The Labute approximate surface area is 110 Å². The molecule has 0 aromatic rings. The molecular weight excluding hydrogens is 224 g/mol. The van der Waals surface area contributed by atoms with Crippen molar-refractivity contribution >= 4 is 5.91 Å². The molecule has 3 nitrogen and oxygen atoms in total. The number of fused-ring (bicyclic) bond motifs is 2. The third kappa shape index (κ3) is 2.71. The first-order valence-electron chi connectivity index (χ1n) is 7.81. The fourth-order valence-electron chi connectivity index (χ4n) is 3.72. The summed E-state index contributed by atoms with van der Waals surface area (Å²) in [7, 11) is 0. The van der Waals surface area contributed by atoms with Crippen LogP contribution < -0.4 is 5.32 Å². The van der Waals surface area contributed by atoms with Crippen LogP contribution in [0.1, 0.15) is 58.3 Å². The number of hydrogen-bond donors (Lipinski definition) is 1. The van der Waals surface area contributed by atoms with Crippen LogP contribution in [0.25, 0.3) is 0 Å². The van der Waals surface area contributed by atoms with E-state index in [-0.39, 0.29) is 0 Å². The van der Waals surface area contributed by atoms with Crippen LogP contribution in [0.4, 0.5) is 0 Å². The van der Waals surface area contributed by atoms with Gasteiger partial charge in [0.25, 0.3) is 0 Å². The molecule has 3 fully saturated rings. The van der Waals surface area contributed by atoms with E-state index in [1.54, 1.807) is 0 Å². The lowest BCUT2D eigenvalue weighted by Gasteiger charge is -2.38. The van der Waals surface area contributed by atoms with Crippen molar-refractivity contribution in [3.05, 3.63) is 0 Å². The van der Waals surface area contributed by atoms with Gasteiger partial charge in [0, 0.05) is 31.1 Å². The second-order valence-electron chi connectivity index (χ2n) is 6.50. The highest BCUT2D eigenvalue weighted by Crippen LogP contribution is 2.35. The largest absolute Gasteiger partial charge is 0.340 e. The molecule has 2 heterocycles. The van der Waals surface area contributed by atoms with Gasteiger partial charge in [0.05, 0.1) is 0 Å². The Balaban J connectivity index is 1.62. The SMILES string of the molecule is CCCN(C(=O)CC1CC1)C1CC2CCC(C1)N2. The number of hydrogen-bond acceptors (Lipinski definition) is 2. The van der Waals surface area contributed by atoms with E-state index < -0.39 is 0 Å². The summed E-state index contributed by atoms with van der Waals surface area (Å²) in [5.41, 5.74) is 0. The Morgan fingerprint density at radius 1 is 1.17 bits per heavy atom. The van der Waals surface area contributed by atoms with Crippen molar-refractivity contribution in [2.45, 2.75) is 76.4 Å². The molecule has 0 aromatic heterocycles. The van der Waals surface area contributed by atoms with Crippen LogP contribution in [0.5, 0.6) is 0 Å². The van der Waals surface area contributed by atoms with Gasteiger partial charge in [-0.3, -0.25) is 4.79 Å². The fraction of sp³-hybridized carbons (Fsp3) is 0.933. The lowest BCUT2D eigenvalue weighted by molar-refractivity contribution is -0.134. The molecule has 102 valence electrons.